The Morgan fingerprint density at radius 2 is 1.90 bits per heavy atom. The predicted octanol–water partition coefficient (Wildman–Crippen LogP) is 4.85. The molecule has 1 atom stereocenters. The number of benzene rings is 2. The lowest BCUT2D eigenvalue weighted by Gasteiger charge is -2.25. The van der Waals surface area contributed by atoms with Crippen LogP contribution in [0.2, 0.25) is 0 Å². The maximum atomic E-state index is 13.0. The molecule has 0 saturated carbocycles. The third-order valence-electron chi connectivity index (χ3n) is 5.65. The Kier molecular flexibility index (Phi) is 5.49. The molecule has 6 heteroatoms. The zero-order chi connectivity index (χ0) is 20.3. The van der Waals surface area contributed by atoms with Crippen LogP contribution in [0.25, 0.3) is 10.9 Å². The SMILES string of the molecule is O=C(CSc1ccc2ccccc2n1)N1CCCC1c1ccc2c(c1)OCCCO2. The van der Waals surface area contributed by atoms with Crippen LogP contribution in [0.1, 0.15) is 30.9 Å². The highest BCUT2D eigenvalue weighted by Gasteiger charge is 2.30. The molecule has 30 heavy (non-hydrogen) atoms. The third-order valence-corrected chi connectivity index (χ3v) is 6.56. The summed E-state index contributed by atoms with van der Waals surface area (Å²) in [5.41, 5.74) is 2.08. The molecule has 2 aromatic carbocycles. The summed E-state index contributed by atoms with van der Waals surface area (Å²) < 4.78 is 11.6. The molecule has 0 bridgehead atoms. The molecule has 1 aromatic heterocycles. The molecule has 3 heterocycles. The van der Waals surface area contributed by atoms with Crippen LogP contribution in [-0.4, -0.2) is 41.3 Å². The van der Waals surface area contributed by atoms with E-state index < -0.39 is 0 Å². The quantitative estimate of drug-likeness (QED) is 0.565. The Morgan fingerprint density at radius 3 is 2.83 bits per heavy atom. The van der Waals surface area contributed by atoms with Gasteiger partial charge in [-0.3, -0.25) is 4.79 Å². The lowest BCUT2D eigenvalue weighted by atomic mass is 10.0. The van der Waals surface area contributed by atoms with Gasteiger partial charge in [0.1, 0.15) is 0 Å². The van der Waals surface area contributed by atoms with Gasteiger partial charge in [0.2, 0.25) is 5.91 Å². The van der Waals surface area contributed by atoms with E-state index in [-0.39, 0.29) is 11.9 Å². The number of nitrogens with zero attached hydrogens (tertiary/aromatic N) is 2. The summed E-state index contributed by atoms with van der Waals surface area (Å²) >= 11 is 1.51. The van der Waals surface area contributed by atoms with E-state index in [1.165, 1.54) is 11.8 Å². The number of likely N-dealkylation sites (tertiary alicyclic amines) is 1. The molecule has 5 nitrogen and oxygen atoms in total. The average Bonchev–Trinajstić information content (AvgIpc) is 3.16. The summed E-state index contributed by atoms with van der Waals surface area (Å²) in [6.45, 7) is 2.14. The third kappa shape index (κ3) is 3.97. The second-order valence-electron chi connectivity index (χ2n) is 7.63. The average molecular weight is 421 g/mol. The van der Waals surface area contributed by atoms with Crippen LogP contribution in [-0.2, 0) is 4.79 Å². The zero-order valence-corrected chi connectivity index (χ0v) is 17.6. The number of aromatic nitrogens is 1. The first-order chi connectivity index (χ1) is 14.8. The number of pyridine rings is 1. The lowest BCUT2D eigenvalue weighted by molar-refractivity contribution is -0.129. The van der Waals surface area contributed by atoms with Crippen molar-refractivity contribution in [3.05, 3.63) is 60.2 Å². The molecule has 0 N–H and O–H groups in total. The highest BCUT2D eigenvalue weighted by atomic mass is 32.2. The van der Waals surface area contributed by atoms with Crippen molar-refractivity contribution >= 4 is 28.6 Å². The maximum Gasteiger partial charge on any atom is 0.233 e. The second-order valence-corrected chi connectivity index (χ2v) is 8.63. The van der Waals surface area contributed by atoms with Crippen molar-refractivity contribution in [3.8, 4) is 11.5 Å². The Morgan fingerprint density at radius 1 is 1.03 bits per heavy atom. The summed E-state index contributed by atoms with van der Waals surface area (Å²) in [5, 5.41) is 2.00. The molecule has 2 aliphatic heterocycles. The minimum absolute atomic E-state index is 0.0971. The molecule has 0 spiro atoms. The molecular weight excluding hydrogens is 396 g/mol. The van der Waals surface area contributed by atoms with Crippen molar-refractivity contribution in [2.45, 2.75) is 30.3 Å². The van der Waals surface area contributed by atoms with Crippen molar-refractivity contribution in [1.29, 1.82) is 0 Å². The Balaban J connectivity index is 1.28. The van der Waals surface area contributed by atoms with Crippen LogP contribution in [0.5, 0.6) is 11.5 Å². The molecular formula is C24H24N2O3S. The van der Waals surface area contributed by atoms with Gasteiger partial charge in [0.05, 0.1) is 35.6 Å². The molecule has 1 amide bonds. The first kappa shape index (κ1) is 19.2. The van der Waals surface area contributed by atoms with Gasteiger partial charge in [0, 0.05) is 18.4 Å². The molecule has 0 aliphatic carbocycles. The van der Waals surface area contributed by atoms with Crippen LogP contribution in [0.4, 0.5) is 0 Å². The molecule has 0 radical (unpaired) electrons. The van der Waals surface area contributed by atoms with Gasteiger partial charge >= 0.3 is 0 Å². The number of hydrogen-bond donors (Lipinski definition) is 0. The van der Waals surface area contributed by atoms with E-state index in [4.69, 9.17) is 9.47 Å². The van der Waals surface area contributed by atoms with Gasteiger partial charge in [-0.2, -0.15) is 0 Å². The van der Waals surface area contributed by atoms with Crippen LogP contribution in [0, 0.1) is 0 Å². The minimum atomic E-state index is 0.0971. The number of rotatable bonds is 4. The molecule has 1 saturated heterocycles. The number of carbonyl (C=O) groups excluding carboxylic acids is 1. The molecule has 5 rings (SSSR count). The van der Waals surface area contributed by atoms with Crippen molar-refractivity contribution in [3.63, 3.8) is 0 Å². The number of para-hydroxylation sites is 1. The minimum Gasteiger partial charge on any atom is -0.490 e. The smallest absolute Gasteiger partial charge is 0.233 e. The van der Waals surface area contributed by atoms with Gasteiger partial charge in [-0.15, -0.1) is 0 Å². The Labute approximate surface area is 180 Å². The van der Waals surface area contributed by atoms with Gasteiger partial charge in [-0.25, -0.2) is 4.98 Å². The standard InChI is InChI=1S/C24H24N2O3S/c27-24(16-30-23-11-9-17-5-1-2-6-19(17)25-23)26-12-3-7-20(26)18-8-10-21-22(15-18)29-14-4-13-28-21/h1-2,5-6,8-11,15,20H,3-4,7,12-14,16H2. The van der Waals surface area contributed by atoms with Gasteiger partial charge in [-0.05, 0) is 42.7 Å². The molecule has 2 aliphatic rings. The number of amides is 1. The largest absolute Gasteiger partial charge is 0.490 e. The molecule has 1 unspecified atom stereocenters. The first-order valence-corrected chi connectivity index (χ1v) is 11.4. The highest BCUT2D eigenvalue weighted by molar-refractivity contribution is 7.99. The Bertz CT molecular complexity index is 1070. The van der Waals surface area contributed by atoms with Crippen molar-refractivity contribution in [2.75, 3.05) is 25.5 Å². The van der Waals surface area contributed by atoms with Gasteiger partial charge < -0.3 is 14.4 Å². The fourth-order valence-electron chi connectivity index (χ4n) is 4.15. The van der Waals surface area contributed by atoms with Gasteiger partial charge in [0.15, 0.2) is 11.5 Å². The predicted molar refractivity (Wildman–Crippen MR) is 118 cm³/mol. The maximum absolute atomic E-state index is 13.0. The van der Waals surface area contributed by atoms with E-state index in [2.05, 4.69) is 23.2 Å². The molecule has 1 fully saturated rings. The van der Waals surface area contributed by atoms with E-state index in [1.807, 2.05) is 41.3 Å². The van der Waals surface area contributed by atoms with E-state index in [0.717, 1.165) is 58.8 Å². The van der Waals surface area contributed by atoms with Crippen molar-refractivity contribution in [1.82, 2.24) is 9.88 Å². The van der Waals surface area contributed by atoms with E-state index in [1.54, 1.807) is 0 Å². The van der Waals surface area contributed by atoms with E-state index in [9.17, 15) is 4.79 Å². The number of carbonyl (C=O) groups is 1. The van der Waals surface area contributed by atoms with Gasteiger partial charge in [0.25, 0.3) is 0 Å². The molecule has 3 aromatic rings. The van der Waals surface area contributed by atoms with Crippen LogP contribution >= 0.6 is 11.8 Å². The fraction of sp³-hybridized carbons (Fsp3) is 0.333. The summed E-state index contributed by atoms with van der Waals surface area (Å²) in [6.07, 6.45) is 2.88. The summed E-state index contributed by atoms with van der Waals surface area (Å²) in [7, 11) is 0. The highest BCUT2D eigenvalue weighted by Crippen LogP contribution is 2.38. The van der Waals surface area contributed by atoms with Crippen LogP contribution < -0.4 is 9.47 Å². The molecule has 154 valence electrons. The summed E-state index contributed by atoms with van der Waals surface area (Å²) in [4.78, 5) is 19.7. The lowest BCUT2D eigenvalue weighted by Crippen LogP contribution is -2.32. The number of hydrogen-bond acceptors (Lipinski definition) is 5. The van der Waals surface area contributed by atoms with Crippen molar-refractivity contribution < 1.29 is 14.3 Å². The number of thioether (sulfide) groups is 1. The van der Waals surface area contributed by atoms with Crippen molar-refractivity contribution in [2.24, 2.45) is 0 Å². The van der Waals surface area contributed by atoms with Gasteiger partial charge in [-0.1, -0.05) is 42.1 Å². The monoisotopic (exact) mass is 420 g/mol. The van der Waals surface area contributed by atoms with Crippen LogP contribution in [0.15, 0.2) is 59.6 Å². The topological polar surface area (TPSA) is 51.7 Å². The zero-order valence-electron chi connectivity index (χ0n) is 16.8. The number of fused-ring (bicyclic) bond motifs is 2. The van der Waals surface area contributed by atoms with Crippen LogP contribution in [0.3, 0.4) is 0 Å². The Hall–Kier alpha value is -2.73. The summed E-state index contributed by atoms with van der Waals surface area (Å²) in [5.74, 6) is 2.14. The van der Waals surface area contributed by atoms with E-state index in [0.29, 0.717) is 19.0 Å². The summed E-state index contributed by atoms with van der Waals surface area (Å²) in [6, 6.07) is 18.3. The number of ether oxygens (including phenoxy) is 2. The fourth-order valence-corrected chi connectivity index (χ4v) is 4.91. The normalized spacial score (nSPS) is 18.4. The second kappa shape index (κ2) is 8.56. The van der Waals surface area contributed by atoms with E-state index >= 15 is 0 Å². The first-order valence-electron chi connectivity index (χ1n) is 10.5.